The number of aliphatic hydroxyl groups is 1. The van der Waals surface area contributed by atoms with Crippen molar-refractivity contribution in [3.05, 3.63) is 70.8 Å². The average Bonchev–Trinajstić information content (AvgIpc) is 3.07. The van der Waals surface area contributed by atoms with Crippen molar-refractivity contribution in [1.82, 2.24) is 4.90 Å². The lowest BCUT2D eigenvalue weighted by Gasteiger charge is -2.25. The van der Waals surface area contributed by atoms with Gasteiger partial charge in [0.2, 0.25) is 0 Å². The van der Waals surface area contributed by atoms with Crippen molar-refractivity contribution in [2.24, 2.45) is 0 Å². The maximum absolute atomic E-state index is 13.2. The van der Waals surface area contributed by atoms with Crippen LogP contribution in [0.25, 0.3) is 5.76 Å². The molecular weight excluding hydrogens is 430 g/mol. The van der Waals surface area contributed by atoms with Gasteiger partial charge >= 0.3 is 0 Å². The number of benzene rings is 2. The third-order valence-corrected chi connectivity index (χ3v) is 5.85. The Morgan fingerprint density at radius 1 is 1.06 bits per heavy atom. The van der Waals surface area contributed by atoms with Gasteiger partial charge < -0.3 is 19.5 Å². The Bertz CT molecular complexity index is 1040. The Labute approximate surface area is 202 Å². The third-order valence-electron chi connectivity index (χ3n) is 5.85. The molecule has 0 aliphatic carbocycles. The molecule has 2 aromatic carbocycles. The lowest BCUT2D eigenvalue weighted by molar-refractivity contribution is -0.140. The van der Waals surface area contributed by atoms with E-state index in [0.717, 1.165) is 16.9 Å². The molecule has 3 rings (SSSR count). The lowest BCUT2D eigenvalue weighted by atomic mass is 9.93. The fourth-order valence-electron chi connectivity index (χ4n) is 4.24. The summed E-state index contributed by atoms with van der Waals surface area (Å²) in [4.78, 5) is 27.8. The molecule has 1 heterocycles. The van der Waals surface area contributed by atoms with Crippen LogP contribution in [0.2, 0.25) is 0 Å². The van der Waals surface area contributed by atoms with Gasteiger partial charge in [-0.15, -0.1) is 0 Å². The van der Waals surface area contributed by atoms with Crippen LogP contribution in [0.1, 0.15) is 69.7 Å². The number of likely N-dealkylation sites (tertiary alicyclic amines) is 1. The van der Waals surface area contributed by atoms with Gasteiger partial charge in [0.15, 0.2) is 0 Å². The van der Waals surface area contributed by atoms with Gasteiger partial charge in [-0.3, -0.25) is 9.59 Å². The Balaban J connectivity index is 2.06. The standard InChI is InChI=1S/C28H35NO5/c1-6-33-23-14-13-21(17-22(23)18(2)3)26(30)24-25(20-11-8-7-9-12-20)29(28(32)27(24)31)15-10-16-34-19(4)5/h7-9,11-14,17-19,25,30H,6,10,15-16H2,1-5H3/b26-24-. The lowest BCUT2D eigenvalue weighted by Crippen LogP contribution is -2.31. The van der Waals surface area contributed by atoms with E-state index in [1.54, 1.807) is 11.0 Å². The van der Waals surface area contributed by atoms with Crippen molar-refractivity contribution in [1.29, 1.82) is 0 Å². The molecule has 6 heteroatoms. The molecule has 1 unspecified atom stereocenters. The highest BCUT2D eigenvalue weighted by molar-refractivity contribution is 6.46. The molecule has 182 valence electrons. The first-order chi connectivity index (χ1) is 16.3. The molecule has 1 N–H and O–H groups in total. The number of nitrogens with zero attached hydrogens (tertiary/aromatic N) is 1. The molecule has 1 saturated heterocycles. The first kappa shape index (κ1) is 25.5. The van der Waals surface area contributed by atoms with E-state index in [0.29, 0.717) is 31.7 Å². The summed E-state index contributed by atoms with van der Waals surface area (Å²) in [5, 5.41) is 11.3. The number of rotatable bonds is 10. The number of hydrogen-bond acceptors (Lipinski definition) is 5. The van der Waals surface area contributed by atoms with E-state index in [-0.39, 0.29) is 23.4 Å². The van der Waals surface area contributed by atoms with Gasteiger partial charge in [-0.25, -0.2) is 0 Å². The number of carbonyl (C=O) groups excluding carboxylic acids is 2. The number of amides is 1. The summed E-state index contributed by atoms with van der Waals surface area (Å²) >= 11 is 0. The Kier molecular flexibility index (Phi) is 8.51. The van der Waals surface area contributed by atoms with Crippen molar-refractivity contribution in [2.75, 3.05) is 19.8 Å². The second-order valence-electron chi connectivity index (χ2n) is 9.02. The summed E-state index contributed by atoms with van der Waals surface area (Å²) in [5.74, 6) is -0.536. The van der Waals surface area contributed by atoms with Gasteiger partial charge in [0.05, 0.1) is 24.3 Å². The van der Waals surface area contributed by atoms with Gasteiger partial charge in [-0.2, -0.15) is 0 Å². The van der Waals surface area contributed by atoms with Crippen LogP contribution >= 0.6 is 0 Å². The zero-order valence-corrected chi connectivity index (χ0v) is 20.7. The molecule has 0 saturated carbocycles. The summed E-state index contributed by atoms with van der Waals surface area (Å²) in [6, 6.07) is 14.1. The van der Waals surface area contributed by atoms with Gasteiger partial charge in [-0.05, 0) is 62.4 Å². The summed E-state index contributed by atoms with van der Waals surface area (Å²) in [5.41, 5.74) is 2.32. The highest BCUT2D eigenvalue weighted by Gasteiger charge is 2.45. The van der Waals surface area contributed by atoms with Crippen LogP contribution in [-0.2, 0) is 14.3 Å². The molecule has 1 amide bonds. The van der Waals surface area contributed by atoms with Crippen molar-refractivity contribution < 1.29 is 24.2 Å². The Morgan fingerprint density at radius 2 is 1.76 bits per heavy atom. The number of aliphatic hydroxyl groups excluding tert-OH is 1. The highest BCUT2D eigenvalue weighted by Crippen LogP contribution is 2.40. The molecule has 0 bridgehead atoms. The molecule has 1 atom stereocenters. The molecule has 0 spiro atoms. The number of Topliss-reactive ketones (excluding diaryl/α,β-unsaturated/α-hetero) is 1. The van der Waals surface area contributed by atoms with E-state index in [4.69, 9.17) is 9.47 Å². The van der Waals surface area contributed by atoms with E-state index in [1.807, 2.05) is 77.1 Å². The van der Waals surface area contributed by atoms with Gasteiger partial charge in [0.1, 0.15) is 11.5 Å². The maximum Gasteiger partial charge on any atom is 0.295 e. The molecule has 1 aliphatic rings. The average molecular weight is 466 g/mol. The zero-order valence-electron chi connectivity index (χ0n) is 20.7. The van der Waals surface area contributed by atoms with Crippen molar-refractivity contribution >= 4 is 17.4 Å². The second kappa shape index (κ2) is 11.3. The van der Waals surface area contributed by atoms with Crippen LogP contribution in [0, 0.1) is 0 Å². The van der Waals surface area contributed by atoms with Crippen molar-refractivity contribution in [3.63, 3.8) is 0 Å². The first-order valence-electron chi connectivity index (χ1n) is 12.0. The van der Waals surface area contributed by atoms with Crippen molar-refractivity contribution in [3.8, 4) is 5.75 Å². The zero-order chi connectivity index (χ0) is 24.8. The molecule has 34 heavy (non-hydrogen) atoms. The Hall–Kier alpha value is -3.12. The number of hydrogen-bond donors (Lipinski definition) is 1. The Morgan fingerprint density at radius 3 is 2.38 bits per heavy atom. The normalized spacial score (nSPS) is 17.7. The van der Waals surface area contributed by atoms with E-state index in [2.05, 4.69) is 0 Å². The van der Waals surface area contributed by atoms with E-state index >= 15 is 0 Å². The molecule has 1 aliphatic heterocycles. The highest BCUT2D eigenvalue weighted by atomic mass is 16.5. The van der Waals surface area contributed by atoms with E-state index in [1.165, 1.54) is 0 Å². The predicted molar refractivity (Wildman–Crippen MR) is 133 cm³/mol. The fourth-order valence-corrected chi connectivity index (χ4v) is 4.24. The molecular formula is C28H35NO5. The van der Waals surface area contributed by atoms with Crippen LogP contribution < -0.4 is 4.74 Å². The van der Waals surface area contributed by atoms with E-state index in [9.17, 15) is 14.7 Å². The molecule has 0 radical (unpaired) electrons. The van der Waals surface area contributed by atoms with Gasteiger partial charge in [0.25, 0.3) is 11.7 Å². The quantitative estimate of drug-likeness (QED) is 0.219. The van der Waals surface area contributed by atoms with Gasteiger partial charge in [0, 0.05) is 18.7 Å². The summed E-state index contributed by atoms with van der Waals surface area (Å²) in [7, 11) is 0. The summed E-state index contributed by atoms with van der Waals surface area (Å²) in [6.07, 6.45) is 0.685. The predicted octanol–water partition coefficient (Wildman–Crippen LogP) is 5.45. The minimum Gasteiger partial charge on any atom is -0.507 e. The van der Waals surface area contributed by atoms with Crippen LogP contribution in [0.15, 0.2) is 54.1 Å². The molecule has 6 nitrogen and oxygen atoms in total. The van der Waals surface area contributed by atoms with Crippen LogP contribution in [0.3, 0.4) is 0 Å². The monoisotopic (exact) mass is 465 g/mol. The number of carbonyl (C=O) groups is 2. The summed E-state index contributed by atoms with van der Waals surface area (Å²) in [6.45, 7) is 11.3. The number of ketones is 1. The maximum atomic E-state index is 13.2. The van der Waals surface area contributed by atoms with Crippen LogP contribution in [0.4, 0.5) is 0 Å². The third kappa shape index (κ3) is 5.50. The topological polar surface area (TPSA) is 76.1 Å². The first-order valence-corrected chi connectivity index (χ1v) is 12.0. The second-order valence-corrected chi connectivity index (χ2v) is 9.02. The van der Waals surface area contributed by atoms with Crippen LogP contribution in [0.5, 0.6) is 5.75 Å². The number of ether oxygens (including phenoxy) is 2. The van der Waals surface area contributed by atoms with Crippen LogP contribution in [-0.4, -0.2) is 47.6 Å². The SMILES string of the molecule is CCOc1ccc(/C(O)=C2/C(=O)C(=O)N(CCCOC(C)C)C2c2ccccc2)cc1C(C)C. The van der Waals surface area contributed by atoms with Gasteiger partial charge in [-0.1, -0.05) is 44.2 Å². The minimum atomic E-state index is -0.670. The summed E-state index contributed by atoms with van der Waals surface area (Å²) < 4.78 is 11.4. The van der Waals surface area contributed by atoms with E-state index < -0.39 is 17.7 Å². The smallest absolute Gasteiger partial charge is 0.295 e. The molecule has 2 aromatic rings. The van der Waals surface area contributed by atoms with Crippen molar-refractivity contribution in [2.45, 2.75) is 59.1 Å². The molecule has 0 aromatic heterocycles. The largest absolute Gasteiger partial charge is 0.507 e. The fraction of sp³-hybridized carbons (Fsp3) is 0.429. The minimum absolute atomic E-state index is 0.0927. The molecule has 1 fully saturated rings.